The molecule has 0 saturated carbocycles. The van der Waals surface area contributed by atoms with Crippen molar-refractivity contribution in [2.45, 2.75) is 13.0 Å². The van der Waals surface area contributed by atoms with Gasteiger partial charge in [-0.05, 0) is 29.8 Å². The van der Waals surface area contributed by atoms with Crippen LogP contribution in [0, 0.1) is 0 Å². The van der Waals surface area contributed by atoms with Crippen LogP contribution in [0.5, 0.6) is 0 Å². The molecule has 1 aromatic carbocycles. The topological polar surface area (TPSA) is 65.6 Å². The highest BCUT2D eigenvalue weighted by atomic mass is 19.3. The van der Waals surface area contributed by atoms with Crippen LogP contribution in [0.25, 0.3) is 22.3 Å². The lowest BCUT2D eigenvalue weighted by Crippen LogP contribution is -2.23. The summed E-state index contributed by atoms with van der Waals surface area (Å²) in [6.07, 6.45) is 0.595. The van der Waals surface area contributed by atoms with Crippen molar-refractivity contribution in [3.8, 4) is 11.1 Å². The molecule has 0 aliphatic rings. The summed E-state index contributed by atoms with van der Waals surface area (Å²) in [5, 5.41) is 7.85. The number of pyridine rings is 1. The molecule has 0 bridgehead atoms. The maximum atomic E-state index is 13.0. The lowest BCUT2D eigenvalue weighted by Gasteiger charge is -2.06. The Morgan fingerprint density at radius 3 is 2.70 bits per heavy atom. The molecular formula is C19H15F2N5O. The SMILES string of the molecule is Cn1c(=O)n(Cc2cccnn2)c2cc(-c3cccc(C(F)F)c3)cnc21. The molecule has 0 aliphatic carbocycles. The van der Waals surface area contributed by atoms with Gasteiger partial charge in [0.1, 0.15) is 0 Å². The van der Waals surface area contributed by atoms with Gasteiger partial charge in [-0.25, -0.2) is 18.6 Å². The summed E-state index contributed by atoms with van der Waals surface area (Å²) >= 11 is 0. The number of aromatic nitrogens is 5. The fraction of sp³-hybridized carbons (Fsp3) is 0.158. The van der Waals surface area contributed by atoms with Crippen molar-refractivity contribution in [3.05, 3.63) is 76.6 Å². The Bertz CT molecular complexity index is 1170. The number of hydrogen-bond acceptors (Lipinski definition) is 4. The molecule has 0 atom stereocenters. The van der Waals surface area contributed by atoms with Crippen molar-refractivity contribution >= 4 is 11.2 Å². The van der Waals surface area contributed by atoms with Gasteiger partial charge in [-0.15, -0.1) is 0 Å². The monoisotopic (exact) mass is 367 g/mol. The van der Waals surface area contributed by atoms with Crippen LogP contribution in [-0.4, -0.2) is 24.3 Å². The van der Waals surface area contributed by atoms with E-state index in [0.29, 0.717) is 28.0 Å². The molecule has 0 fully saturated rings. The smallest absolute Gasteiger partial charge is 0.284 e. The van der Waals surface area contributed by atoms with Crippen LogP contribution in [0.3, 0.4) is 0 Å². The molecule has 0 unspecified atom stereocenters. The van der Waals surface area contributed by atoms with Gasteiger partial charge in [-0.2, -0.15) is 10.2 Å². The fourth-order valence-electron chi connectivity index (χ4n) is 3.02. The van der Waals surface area contributed by atoms with E-state index >= 15 is 0 Å². The Balaban J connectivity index is 1.85. The average Bonchev–Trinajstić information content (AvgIpc) is 2.93. The number of hydrogen-bond donors (Lipinski definition) is 0. The van der Waals surface area contributed by atoms with E-state index in [9.17, 15) is 13.6 Å². The summed E-state index contributed by atoms with van der Waals surface area (Å²) < 4.78 is 29.0. The van der Waals surface area contributed by atoms with E-state index in [2.05, 4.69) is 15.2 Å². The van der Waals surface area contributed by atoms with Crippen molar-refractivity contribution in [3.63, 3.8) is 0 Å². The van der Waals surface area contributed by atoms with Gasteiger partial charge in [0.05, 0.1) is 17.8 Å². The van der Waals surface area contributed by atoms with Crippen LogP contribution >= 0.6 is 0 Å². The zero-order valence-electron chi connectivity index (χ0n) is 14.4. The predicted molar refractivity (Wildman–Crippen MR) is 96.5 cm³/mol. The Hall–Kier alpha value is -3.42. The zero-order chi connectivity index (χ0) is 19.0. The van der Waals surface area contributed by atoms with E-state index in [-0.39, 0.29) is 17.8 Å². The first-order valence-corrected chi connectivity index (χ1v) is 8.25. The summed E-state index contributed by atoms with van der Waals surface area (Å²) in [6, 6.07) is 11.4. The molecule has 0 radical (unpaired) electrons. The molecule has 0 aliphatic heterocycles. The van der Waals surface area contributed by atoms with Gasteiger partial charge in [0.25, 0.3) is 6.43 Å². The Morgan fingerprint density at radius 2 is 1.96 bits per heavy atom. The van der Waals surface area contributed by atoms with Crippen molar-refractivity contribution in [2.24, 2.45) is 7.05 Å². The summed E-state index contributed by atoms with van der Waals surface area (Å²) in [4.78, 5) is 17.0. The number of imidazole rings is 1. The third-order valence-electron chi connectivity index (χ3n) is 4.39. The molecule has 136 valence electrons. The molecule has 6 nitrogen and oxygen atoms in total. The highest BCUT2D eigenvalue weighted by molar-refractivity contribution is 5.79. The van der Waals surface area contributed by atoms with E-state index in [4.69, 9.17) is 0 Å². The minimum atomic E-state index is -2.55. The van der Waals surface area contributed by atoms with Crippen LogP contribution in [-0.2, 0) is 13.6 Å². The normalized spacial score (nSPS) is 11.4. The minimum Gasteiger partial charge on any atom is -0.284 e. The van der Waals surface area contributed by atoms with Crippen LogP contribution < -0.4 is 5.69 Å². The van der Waals surface area contributed by atoms with Crippen LogP contribution in [0.4, 0.5) is 8.78 Å². The molecule has 27 heavy (non-hydrogen) atoms. The van der Waals surface area contributed by atoms with E-state index in [1.54, 1.807) is 54.3 Å². The van der Waals surface area contributed by atoms with Gasteiger partial charge in [-0.1, -0.05) is 18.2 Å². The van der Waals surface area contributed by atoms with Crippen molar-refractivity contribution in [1.82, 2.24) is 24.3 Å². The number of nitrogens with zero attached hydrogens (tertiary/aromatic N) is 5. The second kappa shape index (κ2) is 6.71. The molecular weight excluding hydrogens is 352 g/mol. The van der Waals surface area contributed by atoms with Gasteiger partial charge in [0.2, 0.25) is 0 Å². The number of halogens is 2. The van der Waals surface area contributed by atoms with E-state index in [0.717, 1.165) is 0 Å². The standard InChI is InChI=1S/C19H15F2N5O/c1-25-18-16(26(19(25)27)11-15-6-3-7-23-24-15)9-14(10-22-18)12-4-2-5-13(8-12)17(20)21/h2-10,17H,11H2,1H3. The average molecular weight is 367 g/mol. The molecule has 0 amide bonds. The largest absolute Gasteiger partial charge is 0.330 e. The second-order valence-electron chi connectivity index (χ2n) is 6.14. The van der Waals surface area contributed by atoms with Crippen LogP contribution in [0.2, 0.25) is 0 Å². The van der Waals surface area contributed by atoms with Gasteiger partial charge >= 0.3 is 5.69 Å². The zero-order valence-corrected chi connectivity index (χ0v) is 14.4. The predicted octanol–water partition coefficient (Wildman–Crippen LogP) is 3.18. The first-order chi connectivity index (χ1) is 13.0. The maximum Gasteiger partial charge on any atom is 0.330 e. The molecule has 0 spiro atoms. The number of benzene rings is 1. The second-order valence-corrected chi connectivity index (χ2v) is 6.14. The van der Waals surface area contributed by atoms with Gasteiger partial charge in [0, 0.05) is 30.6 Å². The van der Waals surface area contributed by atoms with Crippen LogP contribution in [0.15, 0.2) is 59.7 Å². The summed E-state index contributed by atoms with van der Waals surface area (Å²) in [7, 11) is 1.64. The molecule has 0 N–H and O–H groups in total. The fourth-order valence-corrected chi connectivity index (χ4v) is 3.02. The molecule has 0 saturated heterocycles. The summed E-state index contributed by atoms with van der Waals surface area (Å²) in [6.45, 7) is 0.242. The first kappa shape index (κ1) is 17.0. The minimum absolute atomic E-state index is 0.0578. The first-order valence-electron chi connectivity index (χ1n) is 8.25. The van der Waals surface area contributed by atoms with Crippen molar-refractivity contribution < 1.29 is 8.78 Å². The highest BCUT2D eigenvalue weighted by Crippen LogP contribution is 2.27. The Kier molecular flexibility index (Phi) is 4.23. The molecule has 3 aromatic heterocycles. The number of rotatable bonds is 4. The molecule has 4 rings (SSSR count). The Labute approximate surface area is 152 Å². The number of fused-ring (bicyclic) bond motifs is 1. The van der Waals surface area contributed by atoms with Gasteiger partial charge in [-0.3, -0.25) is 9.13 Å². The van der Waals surface area contributed by atoms with Gasteiger partial charge < -0.3 is 0 Å². The molecule has 4 aromatic rings. The quantitative estimate of drug-likeness (QED) is 0.556. The lowest BCUT2D eigenvalue weighted by atomic mass is 10.0. The van der Waals surface area contributed by atoms with Crippen LogP contribution in [0.1, 0.15) is 17.7 Å². The van der Waals surface area contributed by atoms with Gasteiger partial charge in [0.15, 0.2) is 5.65 Å². The Morgan fingerprint density at radius 1 is 1.11 bits per heavy atom. The van der Waals surface area contributed by atoms with E-state index in [1.807, 2.05) is 0 Å². The third-order valence-corrected chi connectivity index (χ3v) is 4.39. The lowest BCUT2D eigenvalue weighted by molar-refractivity contribution is 0.151. The molecule has 3 heterocycles. The number of alkyl halides is 2. The maximum absolute atomic E-state index is 13.0. The summed E-state index contributed by atoms with van der Waals surface area (Å²) in [5.41, 5.74) is 2.73. The van der Waals surface area contributed by atoms with E-state index in [1.165, 1.54) is 16.7 Å². The highest BCUT2D eigenvalue weighted by Gasteiger charge is 2.15. The number of aryl methyl sites for hydroxylation is 1. The summed E-state index contributed by atoms with van der Waals surface area (Å²) in [5.74, 6) is 0. The van der Waals surface area contributed by atoms with Crippen molar-refractivity contribution in [2.75, 3.05) is 0 Å². The van der Waals surface area contributed by atoms with Crippen molar-refractivity contribution in [1.29, 1.82) is 0 Å². The molecule has 8 heteroatoms. The van der Waals surface area contributed by atoms with E-state index < -0.39 is 6.43 Å². The third kappa shape index (κ3) is 3.10.